The molecule has 3 N–H and O–H groups in total. The van der Waals surface area contributed by atoms with Crippen LogP contribution in [0.5, 0.6) is 0 Å². The summed E-state index contributed by atoms with van der Waals surface area (Å²) in [5, 5.41) is 3.29. The van der Waals surface area contributed by atoms with Gasteiger partial charge in [0.2, 0.25) is 5.95 Å². The van der Waals surface area contributed by atoms with E-state index in [4.69, 9.17) is 5.73 Å². The second-order valence-electron chi connectivity index (χ2n) is 6.95. The highest BCUT2D eigenvalue weighted by Crippen LogP contribution is 2.31. The molecule has 1 aromatic heterocycles. The fourth-order valence-electron chi connectivity index (χ4n) is 3.40. The Bertz CT molecular complexity index is 885. The van der Waals surface area contributed by atoms with E-state index in [9.17, 15) is 4.39 Å². The minimum atomic E-state index is -0.484. The van der Waals surface area contributed by atoms with Crippen LogP contribution < -0.4 is 11.1 Å². The van der Waals surface area contributed by atoms with Gasteiger partial charge in [-0.3, -0.25) is 9.47 Å². The van der Waals surface area contributed by atoms with Gasteiger partial charge in [-0.2, -0.15) is 0 Å². The Morgan fingerprint density at radius 2 is 2.25 bits per heavy atom. The summed E-state index contributed by atoms with van der Waals surface area (Å²) in [7, 11) is 0. The number of rotatable bonds is 7. The highest BCUT2D eigenvalue weighted by molar-refractivity contribution is 5.75. The maximum Gasteiger partial charge on any atom is 0.212 e. The number of nitrogens with one attached hydrogen (secondary N) is 1. The second-order valence-corrected chi connectivity index (χ2v) is 6.95. The van der Waals surface area contributed by atoms with Gasteiger partial charge in [0.25, 0.3) is 0 Å². The Labute approximate surface area is 166 Å². The number of imidazole rings is 1. The number of hydrogen-bond donors (Lipinski definition) is 2. The molecule has 0 atom stereocenters. The minimum absolute atomic E-state index is 0.484. The molecule has 3 rings (SSSR count). The van der Waals surface area contributed by atoms with Crippen molar-refractivity contribution in [2.45, 2.75) is 19.8 Å². The monoisotopic (exact) mass is 381 g/mol. The Morgan fingerprint density at radius 1 is 1.43 bits per heavy atom. The number of nitrogens with zero attached hydrogens (tertiary/aromatic N) is 3. The van der Waals surface area contributed by atoms with Crippen molar-refractivity contribution in [1.82, 2.24) is 14.5 Å². The van der Waals surface area contributed by atoms with E-state index in [0.29, 0.717) is 5.95 Å². The van der Waals surface area contributed by atoms with E-state index in [1.807, 2.05) is 23.8 Å². The number of anilines is 1. The molecule has 0 amide bonds. The molecule has 28 heavy (non-hydrogen) atoms. The van der Waals surface area contributed by atoms with Crippen molar-refractivity contribution < 1.29 is 4.39 Å². The first-order valence-electron chi connectivity index (χ1n) is 9.59. The molecule has 148 valence electrons. The Hall–Kier alpha value is -2.70. The Morgan fingerprint density at radius 3 is 2.89 bits per heavy atom. The van der Waals surface area contributed by atoms with E-state index in [2.05, 4.69) is 40.6 Å². The van der Waals surface area contributed by atoms with Crippen LogP contribution in [0.4, 0.5) is 10.3 Å². The number of nitrogens with two attached hydrogens (primary N) is 1. The van der Waals surface area contributed by atoms with Crippen LogP contribution in [0.25, 0.3) is 11.8 Å². The summed E-state index contributed by atoms with van der Waals surface area (Å²) in [6, 6.07) is 0. The third-order valence-corrected chi connectivity index (χ3v) is 4.96. The molecule has 0 bridgehead atoms. The van der Waals surface area contributed by atoms with E-state index in [1.54, 1.807) is 6.08 Å². The first kappa shape index (κ1) is 20.0. The molecule has 0 radical (unpaired) electrons. The predicted molar refractivity (Wildman–Crippen MR) is 115 cm³/mol. The molecule has 2 aliphatic heterocycles. The summed E-state index contributed by atoms with van der Waals surface area (Å²) in [4.78, 5) is 7.03. The topological polar surface area (TPSA) is 59.1 Å². The van der Waals surface area contributed by atoms with Crippen LogP contribution in [0.3, 0.4) is 0 Å². The highest BCUT2D eigenvalue weighted by atomic mass is 19.1. The zero-order valence-electron chi connectivity index (χ0n) is 16.4. The van der Waals surface area contributed by atoms with Gasteiger partial charge < -0.3 is 11.1 Å². The molecule has 0 saturated heterocycles. The molecule has 0 spiro atoms. The maximum absolute atomic E-state index is 13.0. The lowest BCUT2D eigenvalue weighted by molar-refractivity contribution is 0.293. The van der Waals surface area contributed by atoms with Crippen molar-refractivity contribution in [3.63, 3.8) is 0 Å². The Balaban J connectivity index is 1.81. The first-order valence-corrected chi connectivity index (χ1v) is 9.59. The summed E-state index contributed by atoms with van der Waals surface area (Å²) in [6.07, 6.45) is 13.2. The van der Waals surface area contributed by atoms with Gasteiger partial charge in [-0.15, -0.1) is 0 Å². The second kappa shape index (κ2) is 8.99. The number of fused-ring (bicyclic) bond motifs is 1. The molecule has 5 nitrogen and oxygen atoms in total. The molecular weight excluding hydrogens is 353 g/mol. The smallest absolute Gasteiger partial charge is 0.212 e. The molecule has 0 aromatic carbocycles. The van der Waals surface area contributed by atoms with E-state index in [0.717, 1.165) is 61.6 Å². The van der Waals surface area contributed by atoms with Crippen LogP contribution >= 0.6 is 0 Å². The Kier molecular flexibility index (Phi) is 6.44. The van der Waals surface area contributed by atoms with E-state index >= 15 is 0 Å². The van der Waals surface area contributed by atoms with Crippen molar-refractivity contribution >= 4 is 17.7 Å². The van der Waals surface area contributed by atoms with Crippen LogP contribution in [0.15, 0.2) is 66.3 Å². The number of hydrogen-bond acceptors (Lipinski definition) is 4. The third-order valence-electron chi connectivity index (χ3n) is 4.96. The molecule has 6 heteroatoms. The van der Waals surface area contributed by atoms with Gasteiger partial charge in [0, 0.05) is 36.8 Å². The molecule has 2 aliphatic rings. The fourth-order valence-corrected chi connectivity index (χ4v) is 3.40. The highest BCUT2D eigenvalue weighted by Gasteiger charge is 2.21. The number of allylic oxidation sites excluding steroid dienone is 6. The summed E-state index contributed by atoms with van der Waals surface area (Å²) in [5.41, 5.74) is 10.4. The zero-order valence-corrected chi connectivity index (χ0v) is 16.4. The van der Waals surface area contributed by atoms with Gasteiger partial charge in [-0.05, 0) is 50.1 Å². The van der Waals surface area contributed by atoms with Gasteiger partial charge in [-0.1, -0.05) is 31.4 Å². The lowest BCUT2D eigenvalue weighted by Gasteiger charge is -2.29. The standard InChI is InChI=1S/C22H28FN5/c1-4-18(7-6-16(2)23)21-15-28-14-20(17(3)25-22(28)26-21)19-8-12-27(13-9-19)11-5-10-24/h4,6-8,14-15H,2-3,5,9-13,24H2,1H3,(H,25,26)/b7-6-,18-4+. The maximum atomic E-state index is 13.0. The molecule has 1 aromatic rings. The average Bonchev–Trinajstić information content (AvgIpc) is 3.09. The molecule has 0 unspecified atom stereocenters. The molecular formula is C22H28FN5. The van der Waals surface area contributed by atoms with E-state index < -0.39 is 5.83 Å². The van der Waals surface area contributed by atoms with Crippen molar-refractivity contribution in [3.8, 4) is 0 Å². The van der Waals surface area contributed by atoms with Crippen molar-refractivity contribution in [2.24, 2.45) is 5.73 Å². The van der Waals surface area contributed by atoms with Gasteiger partial charge in [-0.25, -0.2) is 9.37 Å². The SMILES string of the molecule is C=C(F)/C=C\C(=C/C)c1cn2c(n1)NC(=C)C(C1=CCN(CCCN)CC1)=C2. The van der Waals surface area contributed by atoms with Crippen molar-refractivity contribution in [3.05, 3.63) is 72.0 Å². The quantitative estimate of drug-likeness (QED) is 0.699. The predicted octanol–water partition coefficient (Wildman–Crippen LogP) is 4.09. The largest absolute Gasteiger partial charge is 0.330 e. The van der Waals surface area contributed by atoms with Crippen LogP contribution in [0, 0.1) is 0 Å². The third kappa shape index (κ3) is 4.58. The number of aromatic nitrogens is 2. The van der Waals surface area contributed by atoms with Crippen LogP contribution in [-0.4, -0.2) is 40.6 Å². The van der Waals surface area contributed by atoms with Crippen molar-refractivity contribution in [1.29, 1.82) is 0 Å². The van der Waals surface area contributed by atoms with E-state index in [-0.39, 0.29) is 0 Å². The normalized spacial score (nSPS) is 18.0. The molecule has 3 heterocycles. The summed E-state index contributed by atoms with van der Waals surface area (Å²) >= 11 is 0. The average molecular weight is 381 g/mol. The first-order chi connectivity index (χ1) is 13.5. The summed E-state index contributed by atoms with van der Waals surface area (Å²) in [6.45, 7) is 13.1. The molecule has 0 aliphatic carbocycles. The van der Waals surface area contributed by atoms with Gasteiger partial charge >= 0.3 is 0 Å². The van der Waals surface area contributed by atoms with Crippen LogP contribution in [0.1, 0.15) is 25.5 Å². The fraction of sp³-hybridized carbons (Fsp3) is 0.318. The van der Waals surface area contributed by atoms with Gasteiger partial charge in [0.15, 0.2) is 0 Å². The lowest BCUT2D eigenvalue weighted by Crippen LogP contribution is -2.31. The summed E-state index contributed by atoms with van der Waals surface area (Å²) < 4.78 is 14.9. The van der Waals surface area contributed by atoms with Crippen molar-refractivity contribution in [2.75, 3.05) is 31.5 Å². The van der Waals surface area contributed by atoms with Crippen LogP contribution in [0.2, 0.25) is 0 Å². The zero-order chi connectivity index (χ0) is 20.1. The molecule has 0 saturated carbocycles. The summed E-state index contributed by atoms with van der Waals surface area (Å²) in [5.74, 6) is 0.221. The number of halogens is 1. The molecule has 0 fully saturated rings. The van der Waals surface area contributed by atoms with Crippen LogP contribution in [-0.2, 0) is 0 Å². The van der Waals surface area contributed by atoms with E-state index in [1.165, 1.54) is 11.6 Å². The van der Waals surface area contributed by atoms with Gasteiger partial charge in [0.05, 0.1) is 5.69 Å². The minimum Gasteiger partial charge on any atom is -0.330 e. The lowest BCUT2D eigenvalue weighted by atomic mass is 9.97. The van der Waals surface area contributed by atoms with Gasteiger partial charge in [0.1, 0.15) is 5.83 Å².